The minimum Gasteiger partial charge on any atom is -0.390 e. The van der Waals surface area contributed by atoms with E-state index in [4.69, 9.17) is 0 Å². The minimum atomic E-state index is -0.438. The molecule has 0 amide bonds. The number of aliphatic hydroxyl groups is 1. The highest BCUT2D eigenvalue weighted by Crippen LogP contribution is 2.63. The Labute approximate surface area is 175 Å². The van der Waals surface area contributed by atoms with E-state index in [9.17, 15) is 9.90 Å². The van der Waals surface area contributed by atoms with Crippen LogP contribution in [0.3, 0.4) is 0 Å². The Bertz CT molecular complexity index is 742. The molecule has 1 heterocycles. The van der Waals surface area contributed by atoms with E-state index in [1.54, 1.807) is 10.9 Å². The van der Waals surface area contributed by atoms with Crippen molar-refractivity contribution < 1.29 is 9.90 Å². The molecule has 0 radical (unpaired) electrons. The summed E-state index contributed by atoms with van der Waals surface area (Å²) in [6, 6.07) is 1.91. The van der Waals surface area contributed by atoms with Crippen molar-refractivity contribution in [2.24, 2.45) is 40.9 Å². The van der Waals surface area contributed by atoms with Gasteiger partial charge in [-0.15, -0.1) is 0 Å². The number of hydrogen-bond donors (Lipinski definition) is 1. The minimum absolute atomic E-state index is 0.177. The maximum Gasteiger partial charge on any atom is 0.157 e. The summed E-state index contributed by atoms with van der Waals surface area (Å²) in [5.74, 6) is 4.51. The first kappa shape index (κ1) is 19.8. The van der Waals surface area contributed by atoms with Crippen molar-refractivity contribution in [1.29, 1.82) is 0 Å². The van der Waals surface area contributed by atoms with Crippen LogP contribution < -0.4 is 0 Å². The van der Waals surface area contributed by atoms with Crippen molar-refractivity contribution in [1.82, 2.24) is 9.78 Å². The fraction of sp³-hybridized carbons (Fsp3) is 0.840. The van der Waals surface area contributed by atoms with E-state index in [-0.39, 0.29) is 11.3 Å². The van der Waals surface area contributed by atoms with Crippen molar-refractivity contribution in [3.63, 3.8) is 0 Å². The SMILES string of the molecule is C[C@@]1(O)CC[C@@H]2C3CC[C@@]4(C)C(CCC[C@@H]4C(=O)Cn4cccn4)C3CC[C@@H]2C1. The Morgan fingerprint density at radius 3 is 2.69 bits per heavy atom. The highest BCUT2D eigenvalue weighted by atomic mass is 16.3. The largest absolute Gasteiger partial charge is 0.390 e. The molecule has 0 spiro atoms. The second-order valence-corrected chi connectivity index (χ2v) is 11.4. The summed E-state index contributed by atoms with van der Waals surface area (Å²) >= 11 is 0. The summed E-state index contributed by atoms with van der Waals surface area (Å²) < 4.78 is 1.81. The van der Waals surface area contributed by atoms with Gasteiger partial charge in [-0.25, -0.2) is 0 Å². The van der Waals surface area contributed by atoms with Crippen molar-refractivity contribution in [2.45, 2.75) is 90.2 Å². The normalized spacial score (nSPS) is 47.0. The molecular formula is C25H38N2O2. The zero-order valence-electron chi connectivity index (χ0n) is 18.2. The van der Waals surface area contributed by atoms with Crippen molar-refractivity contribution >= 4 is 5.78 Å². The van der Waals surface area contributed by atoms with Gasteiger partial charge in [0.25, 0.3) is 0 Å². The lowest BCUT2D eigenvalue weighted by Gasteiger charge is -2.60. The van der Waals surface area contributed by atoms with Gasteiger partial charge in [0.2, 0.25) is 0 Å². The first-order valence-corrected chi connectivity index (χ1v) is 12.1. The smallest absolute Gasteiger partial charge is 0.157 e. The molecule has 0 saturated heterocycles. The lowest BCUT2D eigenvalue weighted by Crippen LogP contribution is -2.55. The molecular weight excluding hydrogens is 360 g/mol. The van der Waals surface area contributed by atoms with Crippen molar-refractivity contribution in [3.8, 4) is 0 Å². The number of carbonyl (C=O) groups excluding carboxylic acids is 1. The van der Waals surface area contributed by atoms with Crippen LogP contribution in [0, 0.1) is 40.9 Å². The number of carbonyl (C=O) groups is 1. The third-order valence-electron chi connectivity index (χ3n) is 9.74. The molecule has 1 aromatic heterocycles. The molecule has 4 fully saturated rings. The zero-order chi connectivity index (χ0) is 20.2. The van der Waals surface area contributed by atoms with E-state index in [1.807, 2.05) is 19.2 Å². The van der Waals surface area contributed by atoms with Crippen molar-refractivity contribution in [2.75, 3.05) is 0 Å². The van der Waals surface area contributed by atoms with Gasteiger partial charge >= 0.3 is 0 Å². The van der Waals surface area contributed by atoms with E-state index in [0.717, 1.165) is 42.9 Å². The molecule has 4 nitrogen and oxygen atoms in total. The summed E-state index contributed by atoms with van der Waals surface area (Å²) in [5.41, 5.74) is -0.261. The molecule has 3 unspecified atom stereocenters. The molecule has 1 aromatic rings. The number of nitrogens with zero attached hydrogens (tertiary/aromatic N) is 2. The summed E-state index contributed by atoms with van der Waals surface area (Å²) in [5, 5.41) is 14.9. The summed E-state index contributed by atoms with van der Waals surface area (Å²) in [6.45, 7) is 4.94. The maximum atomic E-state index is 13.3. The summed E-state index contributed by atoms with van der Waals surface area (Å²) in [4.78, 5) is 13.3. The summed E-state index contributed by atoms with van der Waals surface area (Å²) in [7, 11) is 0. The monoisotopic (exact) mass is 398 g/mol. The first-order chi connectivity index (χ1) is 13.9. The van der Waals surface area contributed by atoms with Gasteiger partial charge in [-0.2, -0.15) is 5.10 Å². The van der Waals surface area contributed by atoms with Gasteiger partial charge < -0.3 is 5.11 Å². The average Bonchev–Trinajstić information content (AvgIpc) is 3.18. The molecule has 29 heavy (non-hydrogen) atoms. The molecule has 4 saturated carbocycles. The van der Waals surface area contributed by atoms with E-state index >= 15 is 0 Å². The van der Waals surface area contributed by atoms with Crippen LogP contribution >= 0.6 is 0 Å². The van der Waals surface area contributed by atoms with Gasteiger partial charge in [0, 0.05) is 18.3 Å². The predicted molar refractivity (Wildman–Crippen MR) is 113 cm³/mol. The van der Waals surface area contributed by atoms with Gasteiger partial charge in [-0.1, -0.05) is 13.3 Å². The van der Waals surface area contributed by atoms with Crippen LogP contribution in [0.2, 0.25) is 0 Å². The van der Waals surface area contributed by atoms with E-state index in [2.05, 4.69) is 12.0 Å². The lowest BCUT2D eigenvalue weighted by molar-refractivity contribution is -0.148. The van der Waals surface area contributed by atoms with Crippen LogP contribution in [0.25, 0.3) is 0 Å². The molecule has 4 heteroatoms. The number of aromatic nitrogens is 2. The van der Waals surface area contributed by atoms with Gasteiger partial charge in [0.15, 0.2) is 5.78 Å². The average molecular weight is 399 g/mol. The molecule has 160 valence electrons. The molecule has 8 atom stereocenters. The molecule has 0 aliphatic heterocycles. The standard InChI is InChI=1S/C25H38N2O2/c1-24(29)11-9-18-17(15-24)7-8-20-19(18)10-12-25(2)21(20)5-3-6-22(25)23(28)16-27-14-4-13-26-27/h4,13-14,17-22,29H,3,5-12,15-16H2,1-2H3/t17-,18+,19?,20?,21?,22-,24-,25+/m1/s1. The number of rotatable bonds is 3. The second kappa shape index (κ2) is 7.21. The molecule has 1 N–H and O–H groups in total. The van der Waals surface area contributed by atoms with Crippen LogP contribution in [0.15, 0.2) is 18.5 Å². The Kier molecular flexibility index (Phi) is 4.92. The maximum absolute atomic E-state index is 13.3. The molecule has 4 aliphatic carbocycles. The fourth-order valence-electron chi connectivity index (χ4n) is 8.47. The van der Waals surface area contributed by atoms with E-state index in [1.165, 1.54) is 44.9 Å². The Balaban J connectivity index is 1.34. The quantitative estimate of drug-likeness (QED) is 0.791. The number of Topliss-reactive ketones (excluding diaryl/α,β-unsaturated/α-hetero) is 1. The number of fused-ring (bicyclic) bond motifs is 5. The van der Waals surface area contributed by atoms with Crippen LogP contribution in [-0.4, -0.2) is 26.3 Å². The lowest BCUT2D eigenvalue weighted by atomic mass is 9.44. The highest BCUT2D eigenvalue weighted by Gasteiger charge is 2.57. The predicted octanol–water partition coefficient (Wildman–Crippen LogP) is 4.86. The van der Waals surface area contributed by atoms with E-state index in [0.29, 0.717) is 18.2 Å². The number of hydrogen-bond acceptors (Lipinski definition) is 3. The number of ketones is 1. The Morgan fingerprint density at radius 2 is 1.90 bits per heavy atom. The van der Waals surface area contributed by atoms with Crippen LogP contribution in [0.5, 0.6) is 0 Å². The topological polar surface area (TPSA) is 55.1 Å². The summed E-state index contributed by atoms with van der Waals surface area (Å²) in [6.07, 6.45) is 15.6. The molecule has 4 aliphatic rings. The highest BCUT2D eigenvalue weighted by molar-refractivity contribution is 5.81. The van der Waals surface area contributed by atoms with E-state index < -0.39 is 5.60 Å². The van der Waals surface area contributed by atoms with Gasteiger partial charge in [-0.05, 0) is 106 Å². The van der Waals surface area contributed by atoms with Crippen molar-refractivity contribution in [3.05, 3.63) is 18.5 Å². The van der Waals surface area contributed by atoms with Gasteiger partial charge in [0.05, 0.1) is 12.1 Å². The Hall–Kier alpha value is -1.16. The molecule has 0 aromatic carbocycles. The Morgan fingerprint density at radius 1 is 1.07 bits per heavy atom. The third-order valence-corrected chi connectivity index (χ3v) is 9.74. The molecule has 0 bridgehead atoms. The first-order valence-electron chi connectivity index (χ1n) is 12.1. The fourth-order valence-corrected chi connectivity index (χ4v) is 8.47. The van der Waals surface area contributed by atoms with Gasteiger partial charge in [0.1, 0.15) is 0 Å². The van der Waals surface area contributed by atoms with Crippen LogP contribution in [0.4, 0.5) is 0 Å². The zero-order valence-corrected chi connectivity index (χ0v) is 18.2. The third kappa shape index (κ3) is 3.40. The van der Waals surface area contributed by atoms with Gasteiger partial charge in [-0.3, -0.25) is 9.48 Å². The van der Waals surface area contributed by atoms with Crippen LogP contribution in [0.1, 0.15) is 78.1 Å². The molecule has 5 rings (SSSR count). The van der Waals surface area contributed by atoms with Crippen LogP contribution in [-0.2, 0) is 11.3 Å². The second-order valence-electron chi connectivity index (χ2n) is 11.4.